The quantitative estimate of drug-likeness (QED) is 0.0598. The fourth-order valence-corrected chi connectivity index (χ4v) is 14.0. The second-order valence-electron chi connectivity index (χ2n) is 26.8. The van der Waals surface area contributed by atoms with Gasteiger partial charge < -0.3 is 9.80 Å². The largest absolute Gasteiger partial charge is 0.311 e. The molecule has 1 heterocycles. The molecule has 4 nitrogen and oxygen atoms in total. The van der Waals surface area contributed by atoms with Gasteiger partial charge in [-0.3, -0.25) is 0 Å². The van der Waals surface area contributed by atoms with Gasteiger partial charge in [-0.2, -0.15) is 8.75 Å². The van der Waals surface area contributed by atoms with Crippen molar-refractivity contribution in [3.05, 3.63) is 228 Å². The van der Waals surface area contributed by atoms with Crippen LogP contribution in [0.25, 0.3) is 55.5 Å². The van der Waals surface area contributed by atoms with Crippen molar-refractivity contribution in [3.8, 4) is 44.5 Å². The average molecular weight is 1170 g/mol. The monoisotopic (exact) mass is 1170 g/mol. The number of aryl methyl sites for hydroxylation is 2. The number of unbranched alkanes of at least 4 members (excludes halogenated alkanes) is 10. The lowest BCUT2D eigenvalue weighted by Gasteiger charge is -2.33. The number of nitrogens with zero attached hydrogens (tertiary/aromatic N) is 4. The molecular formula is C82H94N4S. The lowest BCUT2D eigenvalue weighted by molar-refractivity contribution is 0.398. The molecule has 0 fully saturated rings. The van der Waals surface area contributed by atoms with E-state index in [1.165, 1.54) is 157 Å². The Hall–Kier alpha value is -7.60. The predicted octanol–water partition coefficient (Wildman–Crippen LogP) is 25.2. The summed E-state index contributed by atoms with van der Waals surface area (Å²) in [5.41, 5.74) is 26.9. The zero-order valence-electron chi connectivity index (χ0n) is 53.1. The zero-order chi connectivity index (χ0) is 60.0. The first-order valence-corrected chi connectivity index (χ1v) is 33.1. The van der Waals surface area contributed by atoms with Gasteiger partial charge in [0.05, 0.1) is 11.7 Å². The summed E-state index contributed by atoms with van der Waals surface area (Å²) in [5, 5.41) is 0. The van der Waals surface area contributed by atoms with Crippen molar-refractivity contribution in [1.82, 2.24) is 8.75 Å². The topological polar surface area (TPSA) is 32.3 Å². The number of hydrogen-bond acceptors (Lipinski definition) is 5. The highest BCUT2D eigenvalue weighted by molar-refractivity contribution is 7.00. The second kappa shape index (κ2) is 27.2. The molecule has 0 unspecified atom stereocenters. The highest BCUT2D eigenvalue weighted by Crippen LogP contribution is 2.56. The van der Waals surface area contributed by atoms with Crippen LogP contribution in [-0.4, -0.2) is 8.75 Å². The Morgan fingerprint density at radius 1 is 0.345 bits per heavy atom. The maximum absolute atomic E-state index is 5.08. The summed E-state index contributed by atoms with van der Waals surface area (Å²) in [5.74, 6) is 0. The minimum absolute atomic E-state index is 0. The molecule has 0 saturated heterocycles. The van der Waals surface area contributed by atoms with Crippen molar-refractivity contribution in [2.24, 2.45) is 0 Å². The Labute approximate surface area is 527 Å². The van der Waals surface area contributed by atoms with Crippen molar-refractivity contribution < 1.29 is 0 Å². The van der Waals surface area contributed by atoms with Gasteiger partial charge in [-0.25, -0.2) is 0 Å². The number of rotatable bonds is 23. The summed E-state index contributed by atoms with van der Waals surface area (Å²) in [6.07, 6.45) is 18.1. The van der Waals surface area contributed by atoms with Gasteiger partial charge in [-0.15, -0.1) is 0 Å². The van der Waals surface area contributed by atoms with Gasteiger partial charge in [0.25, 0.3) is 0 Å². The molecule has 0 atom stereocenters. The lowest BCUT2D eigenvalue weighted by Crippen LogP contribution is -2.25. The first-order chi connectivity index (χ1) is 41.6. The molecule has 0 bridgehead atoms. The molecule has 87 heavy (non-hydrogen) atoms. The molecule has 448 valence electrons. The Kier molecular flexibility index (Phi) is 19.5. The van der Waals surface area contributed by atoms with Crippen LogP contribution in [0.3, 0.4) is 0 Å². The molecule has 1 aromatic heterocycles. The molecule has 0 saturated carbocycles. The second-order valence-corrected chi connectivity index (χ2v) is 27.3. The van der Waals surface area contributed by atoms with Gasteiger partial charge in [0.2, 0.25) is 0 Å². The summed E-state index contributed by atoms with van der Waals surface area (Å²) in [6, 6.07) is 73.3. The number of benzene rings is 9. The maximum atomic E-state index is 5.08. The van der Waals surface area contributed by atoms with Gasteiger partial charge in [0.1, 0.15) is 11.0 Å². The third kappa shape index (κ3) is 13.6. The third-order valence-corrected chi connectivity index (χ3v) is 19.0. The van der Waals surface area contributed by atoms with Crippen LogP contribution in [0.5, 0.6) is 0 Å². The molecule has 5 heteroatoms. The van der Waals surface area contributed by atoms with E-state index >= 15 is 0 Å². The van der Waals surface area contributed by atoms with Crippen molar-refractivity contribution in [1.29, 1.82) is 0 Å². The minimum Gasteiger partial charge on any atom is -0.311 e. The van der Waals surface area contributed by atoms with E-state index < -0.39 is 0 Å². The third-order valence-electron chi connectivity index (χ3n) is 18.5. The van der Waals surface area contributed by atoms with E-state index in [1.807, 2.05) is 0 Å². The summed E-state index contributed by atoms with van der Waals surface area (Å²) in [7, 11) is 0. The Morgan fingerprint density at radius 2 is 0.667 bits per heavy atom. The normalized spacial score (nSPS) is 12.7. The van der Waals surface area contributed by atoms with E-state index in [1.54, 1.807) is 5.56 Å². The van der Waals surface area contributed by atoms with Crippen LogP contribution >= 0.6 is 11.7 Å². The first-order valence-electron chi connectivity index (χ1n) is 32.3. The van der Waals surface area contributed by atoms with Crippen molar-refractivity contribution in [3.63, 3.8) is 0 Å². The molecule has 0 aliphatic heterocycles. The van der Waals surface area contributed by atoms with Gasteiger partial charge in [0.15, 0.2) is 0 Å². The number of hydrogen-bond donors (Lipinski definition) is 0. The fourth-order valence-electron chi connectivity index (χ4n) is 13.4. The molecule has 1 aliphatic rings. The summed E-state index contributed by atoms with van der Waals surface area (Å²) >= 11 is 1.32. The number of anilines is 6. The van der Waals surface area contributed by atoms with Gasteiger partial charge in [-0.05, 0) is 172 Å². The van der Waals surface area contributed by atoms with Crippen LogP contribution in [0, 0.1) is 13.8 Å². The minimum atomic E-state index is 0. The Balaban J connectivity index is 0.00000838. The molecule has 0 amide bonds. The SMILES string of the molecule is C.CCCCCCCCC1(CCCCCCCC)c2cc(C)ccc2-c2ccc(-c3ccc(-c4ccc(N(c5ccc(-c6ccc(N(c7ccc(C)cc7)c7ccc(C(C)(C)C)cc7)cc6)cc5)c5ccc(C(C)(C)C)cc5)cc4)c4nsnc34)cc21. The van der Waals surface area contributed by atoms with Crippen molar-refractivity contribution >= 4 is 56.9 Å². The van der Waals surface area contributed by atoms with Gasteiger partial charge in [-0.1, -0.05) is 266 Å². The van der Waals surface area contributed by atoms with Crippen LogP contribution < -0.4 is 9.80 Å². The van der Waals surface area contributed by atoms with E-state index in [-0.39, 0.29) is 23.7 Å². The Morgan fingerprint density at radius 3 is 1.09 bits per heavy atom. The zero-order valence-corrected chi connectivity index (χ0v) is 53.9. The molecule has 1 aliphatic carbocycles. The van der Waals surface area contributed by atoms with Crippen LogP contribution in [0.4, 0.5) is 34.1 Å². The summed E-state index contributed by atoms with van der Waals surface area (Å²) in [4.78, 5) is 4.73. The van der Waals surface area contributed by atoms with E-state index in [2.05, 4.69) is 273 Å². The maximum Gasteiger partial charge on any atom is 0.113 e. The highest BCUT2D eigenvalue weighted by atomic mass is 32.1. The van der Waals surface area contributed by atoms with Crippen LogP contribution in [0.15, 0.2) is 194 Å². The van der Waals surface area contributed by atoms with E-state index in [0.717, 1.165) is 61.8 Å². The Bertz CT molecular complexity index is 3840. The molecule has 9 aromatic carbocycles. The highest BCUT2D eigenvalue weighted by Gasteiger charge is 2.42. The molecular weight excluding hydrogens is 1070 g/mol. The van der Waals surface area contributed by atoms with E-state index in [9.17, 15) is 0 Å². The average Bonchev–Trinajstić information content (AvgIpc) is 1.62. The molecule has 0 spiro atoms. The van der Waals surface area contributed by atoms with Crippen LogP contribution in [-0.2, 0) is 16.2 Å². The number of fused-ring (bicyclic) bond motifs is 4. The van der Waals surface area contributed by atoms with Gasteiger partial charge in [0, 0.05) is 50.7 Å². The smallest absolute Gasteiger partial charge is 0.113 e. The lowest BCUT2D eigenvalue weighted by atomic mass is 9.70. The van der Waals surface area contributed by atoms with Crippen molar-refractivity contribution in [2.45, 2.75) is 183 Å². The summed E-state index contributed by atoms with van der Waals surface area (Å²) < 4.78 is 10.1. The van der Waals surface area contributed by atoms with Crippen LogP contribution in [0.2, 0.25) is 0 Å². The number of aromatic nitrogens is 2. The van der Waals surface area contributed by atoms with E-state index in [4.69, 9.17) is 8.75 Å². The summed E-state index contributed by atoms with van der Waals surface area (Å²) in [6.45, 7) is 22.7. The van der Waals surface area contributed by atoms with Crippen molar-refractivity contribution in [2.75, 3.05) is 9.80 Å². The first kappa shape index (κ1) is 62.5. The molecule has 0 N–H and O–H groups in total. The van der Waals surface area contributed by atoms with Gasteiger partial charge >= 0.3 is 0 Å². The molecule has 10 aromatic rings. The predicted molar refractivity (Wildman–Crippen MR) is 379 cm³/mol. The standard InChI is InChI=1S/C81H90N4S.CH4/c1-11-13-15-17-19-21-53-81(54-22-20-18-16-14-12-2)75-55-58(4)25-49-73(75)74-50-32-62(56-76(74)81)72-52-51-71(77-78(72)83-86-82-77)61-30-43-68(44-31-61)85(70-47-35-64(36-48-70)80(8,9)10)67-41-28-60(29-42-67)59-26-39-66(40-27-59)84(65-37-23-57(3)24-38-65)69-45-33-63(34-46-69)79(5,6)7;/h23-52,55-56H,11-22,53-54H2,1-10H3;1H4. The van der Waals surface area contributed by atoms with E-state index in [0.29, 0.717) is 0 Å². The van der Waals surface area contributed by atoms with Crippen LogP contribution in [0.1, 0.15) is 186 Å². The molecule has 0 radical (unpaired) electrons. The fraction of sp³-hybridized carbons (Fsp3) is 0.341. The molecule has 11 rings (SSSR count).